The van der Waals surface area contributed by atoms with Crippen LogP contribution in [0.3, 0.4) is 0 Å². The lowest BCUT2D eigenvalue weighted by Crippen LogP contribution is -2.52. The van der Waals surface area contributed by atoms with Crippen LogP contribution in [-0.4, -0.2) is 31.7 Å². The van der Waals surface area contributed by atoms with Gasteiger partial charge in [-0.1, -0.05) is 78.9 Å². The molecule has 4 heteroatoms. The molecule has 1 saturated heterocycles. The third-order valence-electron chi connectivity index (χ3n) is 6.62. The van der Waals surface area contributed by atoms with Crippen molar-refractivity contribution >= 4 is 31.6 Å². The quantitative estimate of drug-likeness (QED) is 0.202. The van der Waals surface area contributed by atoms with Crippen molar-refractivity contribution in [3.05, 3.63) is 114 Å². The zero-order valence-corrected chi connectivity index (χ0v) is 21.9. The second-order valence-electron chi connectivity index (χ2n) is 10.3. The molecule has 0 saturated carbocycles. The minimum atomic E-state index is -1.93. The molecule has 0 amide bonds. The fourth-order valence-corrected chi connectivity index (χ4v) is 6.67. The number of allylic oxidation sites excluding steroid dienone is 1. The van der Waals surface area contributed by atoms with Crippen LogP contribution in [0.4, 0.5) is 0 Å². The summed E-state index contributed by atoms with van der Waals surface area (Å²) in [6.45, 7) is 7.87. The molecule has 0 spiro atoms. The average molecular weight is 481 g/mol. The first-order valence-electron chi connectivity index (χ1n) is 12.5. The fraction of sp³-hybridized carbons (Fsp3) is 0.258. The number of fused-ring (bicyclic) bond motifs is 1. The highest BCUT2D eigenvalue weighted by molar-refractivity contribution is 6.69. The Kier molecular flexibility index (Phi) is 6.59. The highest BCUT2D eigenvalue weighted by Crippen LogP contribution is 2.44. The number of hydrogen-bond donors (Lipinski definition) is 0. The zero-order chi connectivity index (χ0) is 24.3. The maximum atomic E-state index is 7.25. The van der Waals surface area contributed by atoms with E-state index in [0.29, 0.717) is 0 Å². The van der Waals surface area contributed by atoms with Crippen molar-refractivity contribution in [2.75, 3.05) is 6.54 Å². The summed E-state index contributed by atoms with van der Waals surface area (Å²) in [5.41, 5.74) is 2.83. The normalized spacial score (nSPS) is 18.1. The van der Waals surface area contributed by atoms with Crippen molar-refractivity contribution in [2.45, 2.75) is 44.1 Å². The van der Waals surface area contributed by atoms with Crippen LogP contribution >= 0.6 is 0 Å². The Morgan fingerprint density at radius 1 is 0.886 bits per heavy atom. The van der Waals surface area contributed by atoms with Crippen LogP contribution in [-0.2, 0) is 10.0 Å². The van der Waals surface area contributed by atoms with E-state index in [1.165, 1.54) is 11.1 Å². The minimum Gasteiger partial charge on any atom is -0.457 e. The molecule has 3 nitrogen and oxygen atoms in total. The Labute approximate surface area is 209 Å². The highest BCUT2D eigenvalue weighted by Gasteiger charge is 2.53. The number of benzene rings is 3. The smallest absolute Gasteiger partial charge is 0.189 e. The molecule has 4 aromatic rings. The van der Waals surface area contributed by atoms with Crippen LogP contribution in [0.1, 0.15) is 29.7 Å². The first kappa shape index (κ1) is 23.5. The molecule has 2 heterocycles. The molecular formula is C31H34NO2Si+. The van der Waals surface area contributed by atoms with Crippen LogP contribution in [0.2, 0.25) is 19.6 Å². The van der Waals surface area contributed by atoms with Crippen molar-refractivity contribution in [3.63, 3.8) is 0 Å². The Bertz CT molecular complexity index is 1260. The molecule has 1 atom stereocenters. The molecule has 35 heavy (non-hydrogen) atoms. The van der Waals surface area contributed by atoms with Crippen LogP contribution in [0.5, 0.6) is 0 Å². The summed E-state index contributed by atoms with van der Waals surface area (Å²) >= 11 is 0. The standard InChI is InChI=1S/C31H34NO2Si/c1-35(2,3)34-31(26-15-6-4-7-16-26,27-17-8-5-9-18-27)30-21-13-23-32(30)22-12-19-28-24-25-14-10-11-20-29(25)33-28/h4-12,14-20,22,24,30H,13,21,23H2,1-3H3/q+1/b19-12+,32-22?/t30-/m1/s1. The summed E-state index contributed by atoms with van der Waals surface area (Å²) < 4.78 is 15.7. The van der Waals surface area contributed by atoms with Crippen molar-refractivity contribution in [1.29, 1.82) is 0 Å². The molecule has 0 unspecified atom stereocenters. The van der Waals surface area contributed by atoms with Gasteiger partial charge in [-0.05, 0) is 49.0 Å². The number of furan rings is 1. The van der Waals surface area contributed by atoms with Gasteiger partial charge >= 0.3 is 0 Å². The van der Waals surface area contributed by atoms with Gasteiger partial charge in [0.25, 0.3) is 0 Å². The lowest BCUT2D eigenvalue weighted by Gasteiger charge is -2.42. The lowest BCUT2D eigenvalue weighted by atomic mass is 9.79. The Balaban J connectivity index is 1.58. The summed E-state index contributed by atoms with van der Waals surface area (Å²) in [5.74, 6) is 0.869. The number of nitrogens with zero attached hydrogens (tertiary/aromatic N) is 1. The van der Waals surface area contributed by atoms with E-state index in [0.717, 1.165) is 36.1 Å². The second-order valence-corrected chi connectivity index (χ2v) is 14.7. The zero-order valence-electron chi connectivity index (χ0n) is 20.9. The monoisotopic (exact) mass is 480 g/mol. The van der Waals surface area contributed by atoms with Gasteiger partial charge in [-0.15, -0.1) is 0 Å². The van der Waals surface area contributed by atoms with Crippen LogP contribution in [0.25, 0.3) is 17.0 Å². The summed E-state index contributed by atoms with van der Waals surface area (Å²) in [4.78, 5) is 0. The van der Waals surface area contributed by atoms with Gasteiger partial charge in [-0.25, -0.2) is 4.58 Å². The number of rotatable bonds is 7. The van der Waals surface area contributed by atoms with Gasteiger partial charge in [0.05, 0.1) is 0 Å². The Morgan fingerprint density at radius 3 is 2.14 bits per heavy atom. The van der Waals surface area contributed by atoms with E-state index in [1.54, 1.807) is 0 Å². The van der Waals surface area contributed by atoms with Crippen molar-refractivity contribution in [3.8, 4) is 0 Å². The van der Waals surface area contributed by atoms with Gasteiger partial charge in [-0.3, -0.25) is 0 Å². The summed E-state index contributed by atoms with van der Waals surface area (Å²) in [6.07, 6.45) is 8.60. The van der Waals surface area contributed by atoms with Gasteiger partial charge < -0.3 is 8.84 Å². The largest absolute Gasteiger partial charge is 0.457 e. The van der Waals surface area contributed by atoms with Gasteiger partial charge in [0.2, 0.25) is 0 Å². The van der Waals surface area contributed by atoms with E-state index < -0.39 is 13.9 Å². The fourth-order valence-electron chi connectivity index (χ4n) is 5.33. The lowest BCUT2D eigenvalue weighted by molar-refractivity contribution is -0.557. The van der Waals surface area contributed by atoms with Crippen molar-refractivity contribution in [2.24, 2.45) is 0 Å². The number of hydrogen-bond acceptors (Lipinski definition) is 2. The molecule has 1 fully saturated rings. The van der Waals surface area contributed by atoms with Crippen LogP contribution < -0.4 is 0 Å². The maximum absolute atomic E-state index is 7.25. The molecular weight excluding hydrogens is 446 g/mol. The molecule has 0 aliphatic carbocycles. The Hall–Kier alpha value is -3.21. The van der Waals surface area contributed by atoms with Gasteiger partial charge in [0.15, 0.2) is 26.2 Å². The molecule has 0 N–H and O–H groups in total. The van der Waals surface area contributed by atoms with Gasteiger partial charge in [-0.2, -0.15) is 0 Å². The molecule has 3 aromatic carbocycles. The van der Waals surface area contributed by atoms with Crippen LogP contribution in [0.15, 0.2) is 101 Å². The van der Waals surface area contributed by atoms with Gasteiger partial charge in [0, 0.05) is 24.3 Å². The third kappa shape index (κ3) is 4.95. The summed E-state index contributed by atoms with van der Waals surface area (Å²) in [6, 6.07) is 32.0. The van der Waals surface area contributed by atoms with Gasteiger partial charge in [0.1, 0.15) is 17.9 Å². The van der Waals surface area contributed by atoms with Crippen molar-refractivity contribution in [1.82, 2.24) is 0 Å². The molecule has 0 bridgehead atoms. The molecule has 0 radical (unpaired) electrons. The SMILES string of the molecule is C[Si](C)(C)OC(c1ccccc1)(c1ccccc1)[C@H]1CCC[N+]1=C/C=C/c1cc2ccccc2o1. The first-order chi connectivity index (χ1) is 17.0. The number of para-hydroxylation sites is 1. The summed E-state index contributed by atoms with van der Waals surface area (Å²) in [5, 5.41) is 1.13. The topological polar surface area (TPSA) is 25.4 Å². The maximum Gasteiger partial charge on any atom is 0.189 e. The van der Waals surface area contributed by atoms with Crippen molar-refractivity contribution < 1.29 is 13.4 Å². The molecule has 1 aliphatic heterocycles. The predicted molar refractivity (Wildman–Crippen MR) is 148 cm³/mol. The van der Waals surface area contributed by atoms with E-state index in [2.05, 4.69) is 115 Å². The average Bonchev–Trinajstić information content (AvgIpc) is 3.50. The molecule has 5 rings (SSSR count). The van der Waals surface area contributed by atoms with E-state index in [-0.39, 0.29) is 6.04 Å². The first-order valence-corrected chi connectivity index (χ1v) is 15.9. The minimum absolute atomic E-state index is 0.194. The summed E-state index contributed by atoms with van der Waals surface area (Å²) in [7, 11) is -1.93. The van der Waals surface area contributed by atoms with E-state index in [9.17, 15) is 0 Å². The predicted octanol–water partition coefficient (Wildman–Crippen LogP) is 7.49. The molecule has 1 aliphatic rings. The Morgan fingerprint density at radius 2 is 1.51 bits per heavy atom. The second kappa shape index (κ2) is 9.80. The van der Waals surface area contributed by atoms with E-state index in [4.69, 9.17) is 8.84 Å². The molecule has 178 valence electrons. The third-order valence-corrected chi connectivity index (χ3v) is 7.55. The van der Waals surface area contributed by atoms with E-state index >= 15 is 0 Å². The van der Waals surface area contributed by atoms with Crippen LogP contribution in [0, 0.1) is 0 Å². The highest BCUT2D eigenvalue weighted by atomic mass is 28.4. The molecule has 1 aromatic heterocycles. The van der Waals surface area contributed by atoms with E-state index in [1.807, 2.05) is 18.2 Å².